The normalized spacial score (nSPS) is 10.1. The van der Waals surface area contributed by atoms with E-state index in [0.29, 0.717) is 6.54 Å². The number of benzene rings is 1. The molecule has 1 amide bonds. The van der Waals surface area contributed by atoms with Gasteiger partial charge in [0.15, 0.2) is 5.75 Å². The van der Waals surface area contributed by atoms with E-state index in [1.807, 2.05) is 0 Å². The van der Waals surface area contributed by atoms with Crippen LogP contribution < -0.4 is 5.73 Å². The predicted molar refractivity (Wildman–Crippen MR) is 64.4 cm³/mol. The minimum atomic E-state index is -0.196. The Morgan fingerprint density at radius 3 is 2.81 bits per heavy atom. The molecule has 0 radical (unpaired) electrons. The van der Waals surface area contributed by atoms with Crippen LogP contribution in [0.2, 0.25) is 0 Å². The Morgan fingerprint density at radius 1 is 1.50 bits per heavy atom. The third-order valence-electron chi connectivity index (χ3n) is 2.49. The van der Waals surface area contributed by atoms with Crippen LogP contribution >= 0.6 is 0 Å². The molecule has 0 aliphatic heterocycles. The molecule has 0 aliphatic rings. The summed E-state index contributed by atoms with van der Waals surface area (Å²) in [6.45, 7) is 2.75. The Hall–Kier alpha value is -1.71. The maximum atomic E-state index is 11.9. The van der Waals surface area contributed by atoms with Crippen LogP contribution in [0.15, 0.2) is 18.2 Å². The van der Waals surface area contributed by atoms with E-state index in [1.54, 1.807) is 30.1 Å². The first-order valence-corrected chi connectivity index (χ1v) is 5.40. The van der Waals surface area contributed by atoms with E-state index < -0.39 is 0 Å². The second-order valence-corrected chi connectivity index (χ2v) is 3.82. The van der Waals surface area contributed by atoms with Crippen LogP contribution in [0, 0.1) is 0 Å². The monoisotopic (exact) mass is 222 g/mol. The van der Waals surface area contributed by atoms with E-state index in [1.165, 1.54) is 0 Å². The van der Waals surface area contributed by atoms with Gasteiger partial charge in [-0.05, 0) is 18.6 Å². The Balaban J connectivity index is 2.84. The van der Waals surface area contributed by atoms with Gasteiger partial charge in [-0.1, -0.05) is 19.4 Å². The lowest BCUT2D eigenvalue weighted by Gasteiger charge is -2.17. The molecule has 0 aliphatic carbocycles. The Bertz CT molecular complexity index is 377. The van der Waals surface area contributed by atoms with Crippen molar-refractivity contribution in [2.75, 3.05) is 19.3 Å². The van der Waals surface area contributed by atoms with Gasteiger partial charge < -0.3 is 15.7 Å². The fraction of sp³-hybridized carbons (Fsp3) is 0.417. The highest BCUT2D eigenvalue weighted by Gasteiger charge is 2.16. The lowest BCUT2D eigenvalue weighted by molar-refractivity contribution is 0.0790. The number of phenolic OH excluding ortho intramolecular Hbond substituents is 1. The average Bonchev–Trinajstić information content (AvgIpc) is 2.28. The lowest BCUT2D eigenvalue weighted by Crippen LogP contribution is -2.27. The molecule has 0 heterocycles. The molecular weight excluding hydrogens is 204 g/mol. The largest absolute Gasteiger partial charge is 0.505 e. The number of carbonyl (C=O) groups is 1. The highest BCUT2D eigenvalue weighted by atomic mass is 16.3. The smallest absolute Gasteiger partial charge is 0.257 e. The molecule has 88 valence electrons. The number of nitrogens with zero attached hydrogens (tertiary/aromatic N) is 1. The van der Waals surface area contributed by atoms with Crippen molar-refractivity contribution in [1.29, 1.82) is 0 Å². The first kappa shape index (κ1) is 12.4. The second kappa shape index (κ2) is 5.39. The number of hydrogen-bond acceptors (Lipinski definition) is 3. The number of carbonyl (C=O) groups excluding carboxylic acids is 1. The Morgan fingerprint density at radius 2 is 2.19 bits per heavy atom. The summed E-state index contributed by atoms with van der Waals surface area (Å²) in [7, 11) is 1.72. The summed E-state index contributed by atoms with van der Waals surface area (Å²) in [4.78, 5) is 13.5. The van der Waals surface area contributed by atoms with Gasteiger partial charge in [-0.25, -0.2) is 0 Å². The van der Waals surface area contributed by atoms with Crippen molar-refractivity contribution in [2.45, 2.75) is 19.8 Å². The Labute approximate surface area is 95.7 Å². The molecule has 0 saturated carbocycles. The SMILES string of the molecule is CCCCN(C)C(=O)c1cccc(N)c1O. The van der Waals surface area contributed by atoms with Crippen molar-refractivity contribution < 1.29 is 9.90 Å². The fourth-order valence-electron chi connectivity index (χ4n) is 1.44. The molecule has 3 N–H and O–H groups in total. The van der Waals surface area contributed by atoms with Crippen LogP contribution in [0.4, 0.5) is 5.69 Å². The van der Waals surface area contributed by atoms with Crippen LogP contribution in [0.1, 0.15) is 30.1 Å². The number of amides is 1. The average molecular weight is 222 g/mol. The number of anilines is 1. The van der Waals surface area contributed by atoms with E-state index in [0.717, 1.165) is 12.8 Å². The summed E-state index contributed by atoms with van der Waals surface area (Å²) in [6, 6.07) is 4.81. The maximum Gasteiger partial charge on any atom is 0.257 e. The number of aromatic hydroxyl groups is 1. The van der Waals surface area contributed by atoms with Crippen molar-refractivity contribution in [3.63, 3.8) is 0 Å². The molecule has 0 atom stereocenters. The second-order valence-electron chi connectivity index (χ2n) is 3.82. The van der Waals surface area contributed by atoms with E-state index in [9.17, 15) is 9.90 Å². The van der Waals surface area contributed by atoms with Crippen molar-refractivity contribution >= 4 is 11.6 Å². The van der Waals surface area contributed by atoms with Gasteiger partial charge in [0.25, 0.3) is 5.91 Å². The number of para-hydroxylation sites is 1. The number of phenols is 1. The van der Waals surface area contributed by atoms with Crippen molar-refractivity contribution in [3.8, 4) is 5.75 Å². The Kier molecular flexibility index (Phi) is 4.17. The molecule has 0 fully saturated rings. The molecule has 4 nitrogen and oxygen atoms in total. The van der Waals surface area contributed by atoms with Crippen LogP contribution in [0.25, 0.3) is 0 Å². The summed E-state index contributed by atoms with van der Waals surface area (Å²) >= 11 is 0. The number of rotatable bonds is 4. The summed E-state index contributed by atoms with van der Waals surface area (Å²) in [6.07, 6.45) is 1.98. The molecule has 0 bridgehead atoms. The standard InChI is InChI=1S/C12H18N2O2/c1-3-4-8-14(2)12(16)9-6-5-7-10(13)11(9)15/h5-7,15H,3-4,8,13H2,1-2H3. The molecule has 4 heteroatoms. The minimum absolute atomic E-state index is 0.129. The van der Waals surface area contributed by atoms with Crippen LogP contribution in [0.5, 0.6) is 5.75 Å². The quantitative estimate of drug-likeness (QED) is 0.603. The molecule has 16 heavy (non-hydrogen) atoms. The van der Waals surface area contributed by atoms with E-state index in [2.05, 4.69) is 6.92 Å². The van der Waals surface area contributed by atoms with Crippen molar-refractivity contribution in [1.82, 2.24) is 4.90 Å². The fourth-order valence-corrected chi connectivity index (χ4v) is 1.44. The highest BCUT2D eigenvalue weighted by molar-refractivity contribution is 5.98. The van der Waals surface area contributed by atoms with Gasteiger partial charge in [0.2, 0.25) is 0 Å². The van der Waals surface area contributed by atoms with Crippen molar-refractivity contribution in [2.24, 2.45) is 0 Å². The zero-order valence-corrected chi connectivity index (χ0v) is 9.73. The minimum Gasteiger partial charge on any atom is -0.505 e. The molecule has 1 rings (SSSR count). The lowest BCUT2D eigenvalue weighted by atomic mass is 10.1. The van der Waals surface area contributed by atoms with Gasteiger partial charge in [0.05, 0.1) is 11.3 Å². The zero-order valence-electron chi connectivity index (χ0n) is 9.73. The van der Waals surface area contributed by atoms with Crippen LogP contribution in [-0.4, -0.2) is 29.5 Å². The number of unbranched alkanes of at least 4 members (excludes halogenated alkanes) is 1. The molecule has 0 unspecified atom stereocenters. The van der Waals surface area contributed by atoms with Gasteiger partial charge in [0, 0.05) is 13.6 Å². The molecule has 0 spiro atoms. The van der Waals surface area contributed by atoms with Crippen molar-refractivity contribution in [3.05, 3.63) is 23.8 Å². The summed E-state index contributed by atoms with van der Waals surface area (Å²) in [5.41, 5.74) is 6.03. The van der Waals surface area contributed by atoms with Gasteiger partial charge in [-0.3, -0.25) is 4.79 Å². The number of nitrogen functional groups attached to an aromatic ring is 1. The first-order valence-electron chi connectivity index (χ1n) is 5.40. The maximum absolute atomic E-state index is 11.9. The van der Waals surface area contributed by atoms with Gasteiger partial charge in [-0.15, -0.1) is 0 Å². The first-order chi connectivity index (χ1) is 7.57. The molecule has 1 aromatic rings. The molecule has 1 aromatic carbocycles. The number of nitrogens with two attached hydrogens (primary N) is 1. The summed E-state index contributed by atoms with van der Waals surface area (Å²) in [5.74, 6) is -0.325. The van der Waals surface area contributed by atoms with E-state index in [-0.39, 0.29) is 22.9 Å². The van der Waals surface area contributed by atoms with Gasteiger partial charge >= 0.3 is 0 Å². The number of hydrogen-bond donors (Lipinski definition) is 2. The predicted octanol–water partition coefficient (Wildman–Crippen LogP) is 1.85. The van der Waals surface area contributed by atoms with Gasteiger partial charge in [0.1, 0.15) is 0 Å². The molecule has 0 saturated heterocycles. The van der Waals surface area contributed by atoms with E-state index in [4.69, 9.17) is 5.73 Å². The van der Waals surface area contributed by atoms with Gasteiger partial charge in [-0.2, -0.15) is 0 Å². The third-order valence-corrected chi connectivity index (χ3v) is 2.49. The molecular formula is C12H18N2O2. The van der Waals surface area contributed by atoms with Crippen LogP contribution in [0.3, 0.4) is 0 Å². The topological polar surface area (TPSA) is 66.6 Å². The molecule has 0 aromatic heterocycles. The summed E-state index contributed by atoms with van der Waals surface area (Å²) < 4.78 is 0. The van der Waals surface area contributed by atoms with E-state index >= 15 is 0 Å². The van der Waals surface area contributed by atoms with Crippen LogP contribution in [-0.2, 0) is 0 Å². The zero-order chi connectivity index (χ0) is 12.1. The highest BCUT2D eigenvalue weighted by Crippen LogP contribution is 2.25. The third kappa shape index (κ3) is 2.66. The summed E-state index contributed by atoms with van der Waals surface area (Å²) in [5, 5.41) is 9.67.